The summed E-state index contributed by atoms with van der Waals surface area (Å²) in [5, 5.41) is 11.5. The quantitative estimate of drug-likeness (QED) is 0.618. The second-order valence-corrected chi connectivity index (χ2v) is 5.34. The number of aromatic carboxylic acids is 1. The summed E-state index contributed by atoms with van der Waals surface area (Å²) in [6, 6.07) is 11.4. The number of fused-ring (bicyclic) bond motifs is 2. The van der Waals surface area contributed by atoms with E-state index in [1.807, 2.05) is 50.2 Å². The molecule has 0 aromatic heterocycles. The second-order valence-electron chi connectivity index (χ2n) is 5.34. The van der Waals surface area contributed by atoms with Gasteiger partial charge in [-0.05, 0) is 29.2 Å². The summed E-state index contributed by atoms with van der Waals surface area (Å²) in [6.45, 7) is 3.96. The molecule has 0 fully saturated rings. The number of benzene rings is 2. The van der Waals surface area contributed by atoms with Gasteiger partial charge in [0.05, 0.1) is 5.97 Å². The minimum absolute atomic E-state index is 0. The Labute approximate surface area is 146 Å². The van der Waals surface area contributed by atoms with Crippen LogP contribution in [0.2, 0.25) is 0 Å². The number of carbonyl (C=O) groups is 1. The summed E-state index contributed by atoms with van der Waals surface area (Å²) < 4.78 is 5.81. The summed E-state index contributed by atoms with van der Waals surface area (Å²) in [4.78, 5) is 11.5. The average molecular weight is 290 g/mol. The molecule has 0 atom stereocenters. The fourth-order valence-electron chi connectivity index (χ4n) is 2.70. The molecule has 21 heavy (non-hydrogen) atoms. The number of carboxylic acid groups (broad SMARTS) is 1. The van der Waals surface area contributed by atoms with Crippen LogP contribution in [-0.4, -0.2) is 5.97 Å². The molecule has 1 aliphatic rings. The molecular formula is C17H15NaO3. The Morgan fingerprint density at radius 3 is 2.52 bits per heavy atom. The van der Waals surface area contributed by atoms with Gasteiger partial charge in [0.15, 0.2) is 0 Å². The van der Waals surface area contributed by atoms with Gasteiger partial charge in [0.2, 0.25) is 0 Å². The largest absolute Gasteiger partial charge is 1.00 e. The number of carbonyl (C=O) groups excluding carboxylic acids is 1. The maximum absolute atomic E-state index is 11.5. The first-order valence-corrected chi connectivity index (χ1v) is 6.71. The van der Waals surface area contributed by atoms with E-state index in [2.05, 4.69) is 0 Å². The molecule has 4 heteroatoms. The molecule has 0 aliphatic carbocycles. The number of carboxylic acids is 1. The first-order valence-electron chi connectivity index (χ1n) is 6.71. The number of rotatable bonds is 2. The molecule has 0 bridgehead atoms. The molecule has 102 valence electrons. The van der Waals surface area contributed by atoms with Crippen molar-refractivity contribution in [1.29, 1.82) is 0 Å². The molecule has 0 N–H and O–H groups in total. The zero-order chi connectivity index (χ0) is 14.3. The Morgan fingerprint density at radius 2 is 1.86 bits per heavy atom. The average Bonchev–Trinajstić information content (AvgIpc) is 2.43. The van der Waals surface area contributed by atoms with Crippen molar-refractivity contribution in [1.82, 2.24) is 0 Å². The maximum atomic E-state index is 11.5. The van der Waals surface area contributed by atoms with Gasteiger partial charge in [-0.15, -0.1) is 0 Å². The van der Waals surface area contributed by atoms with E-state index in [0.717, 1.165) is 22.4 Å². The predicted octanol–water partition coefficient (Wildman–Crippen LogP) is -0.126. The van der Waals surface area contributed by atoms with Crippen molar-refractivity contribution in [2.24, 2.45) is 0 Å². The summed E-state index contributed by atoms with van der Waals surface area (Å²) in [5.41, 5.74) is 2.80. The van der Waals surface area contributed by atoms with Crippen LogP contribution < -0.4 is 39.4 Å². The summed E-state index contributed by atoms with van der Waals surface area (Å²) in [5.74, 6) is 0.410. The van der Waals surface area contributed by atoms with Crippen molar-refractivity contribution in [2.75, 3.05) is 0 Å². The Hall–Kier alpha value is -1.29. The van der Waals surface area contributed by atoms with Crippen LogP contribution in [-0.2, 0) is 6.42 Å². The summed E-state index contributed by atoms with van der Waals surface area (Å²) >= 11 is 0. The number of ether oxygens (including phenoxy) is 1. The van der Waals surface area contributed by atoms with E-state index in [1.165, 1.54) is 0 Å². The third kappa shape index (κ3) is 2.86. The van der Waals surface area contributed by atoms with E-state index in [0.29, 0.717) is 12.2 Å². The molecule has 2 aromatic carbocycles. The van der Waals surface area contributed by atoms with E-state index in [-0.39, 0.29) is 41.0 Å². The minimum Gasteiger partial charge on any atom is -0.545 e. The van der Waals surface area contributed by atoms with Crippen LogP contribution in [0.3, 0.4) is 0 Å². The molecule has 3 nitrogen and oxygen atoms in total. The van der Waals surface area contributed by atoms with Crippen LogP contribution in [0.1, 0.15) is 46.8 Å². The van der Waals surface area contributed by atoms with Gasteiger partial charge in [-0.2, -0.15) is 0 Å². The van der Waals surface area contributed by atoms with Crippen LogP contribution >= 0.6 is 0 Å². The minimum atomic E-state index is -1.13. The van der Waals surface area contributed by atoms with Crippen LogP contribution in [0.4, 0.5) is 0 Å². The number of para-hydroxylation sites is 1. The maximum Gasteiger partial charge on any atom is 1.00 e. The van der Waals surface area contributed by atoms with Crippen LogP contribution in [0.15, 0.2) is 36.4 Å². The zero-order valence-corrected chi connectivity index (χ0v) is 14.5. The van der Waals surface area contributed by atoms with Crippen LogP contribution in [0, 0.1) is 0 Å². The van der Waals surface area contributed by atoms with E-state index in [1.54, 1.807) is 0 Å². The molecule has 1 aliphatic heterocycles. The van der Waals surface area contributed by atoms with Gasteiger partial charge in [0.1, 0.15) is 11.5 Å². The Morgan fingerprint density at radius 1 is 1.14 bits per heavy atom. The zero-order valence-electron chi connectivity index (χ0n) is 12.5. The number of hydrogen-bond acceptors (Lipinski definition) is 3. The molecule has 0 spiro atoms. The van der Waals surface area contributed by atoms with E-state index in [9.17, 15) is 9.90 Å². The molecule has 0 saturated heterocycles. The van der Waals surface area contributed by atoms with Crippen molar-refractivity contribution in [2.45, 2.75) is 26.2 Å². The van der Waals surface area contributed by atoms with Gasteiger partial charge < -0.3 is 14.6 Å². The Bertz CT molecular complexity index is 692. The van der Waals surface area contributed by atoms with Gasteiger partial charge in [0.25, 0.3) is 0 Å². The standard InChI is InChI=1S/C17H16O3.Na/c1-10(2)12-7-8-15-13(16(12)17(18)19)9-11-5-3-4-6-14(11)20-15;/h3-8,10H,9H2,1-2H3,(H,18,19);/q;+1/p-1. The monoisotopic (exact) mass is 290 g/mol. The molecule has 0 unspecified atom stereocenters. The molecule has 1 heterocycles. The third-order valence-corrected chi connectivity index (χ3v) is 3.69. The van der Waals surface area contributed by atoms with Crippen molar-refractivity contribution >= 4 is 5.97 Å². The molecule has 0 radical (unpaired) electrons. The fraction of sp³-hybridized carbons (Fsp3) is 0.235. The molecule has 0 saturated carbocycles. The van der Waals surface area contributed by atoms with Gasteiger partial charge in [-0.3, -0.25) is 0 Å². The SMILES string of the molecule is CC(C)c1ccc2c(c1C(=O)[O-])Cc1ccccc1O2.[Na+]. The van der Waals surface area contributed by atoms with Crippen LogP contribution in [0.25, 0.3) is 0 Å². The number of hydrogen-bond donors (Lipinski definition) is 0. The normalized spacial score (nSPS) is 12.0. The Balaban J connectivity index is 0.00000161. The van der Waals surface area contributed by atoms with E-state index < -0.39 is 5.97 Å². The molecule has 3 rings (SSSR count). The molecule has 2 aromatic rings. The van der Waals surface area contributed by atoms with Crippen molar-refractivity contribution in [3.8, 4) is 11.5 Å². The van der Waals surface area contributed by atoms with E-state index >= 15 is 0 Å². The van der Waals surface area contributed by atoms with Gasteiger partial charge in [-0.1, -0.05) is 38.1 Å². The molecule has 0 amide bonds. The third-order valence-electron chi connectivity index (χ3n) is 3.69. The first kappa shape index (κ1) is 16.1. The van der Waals surface area contributed by atoms with Crippen LogP contribution in [0.5, 0.6) is 11.5 Å². The van der Waals surface area contributed by atoms with Gasteiger partial charge in [0, 0.05) is 17.5 Å². The van der Waals surface area contributed by atoms with Crippen molar-refractivity contribution in [3.63, 3.8) is 0 Å². The van der Waals surface area contributed by atoms with E-state index in [4.69, 9.17) is 4.74 Å². The predicted molar refractivity (Wildman–Crippen MR) is 74.2 cm³/mol. The van der Waals surface area contributed by atoms with Gasteiger partial charge in [-0.25, -0.2) is 0 Å². The van der Waals surface area contributed by atoms with Crippen molar-refractivity contribution in [3.05, 3.63) is 58.7 Å². The molecular weight excluding hydrogens is 275 g/mol. The van der Waals surface area contributed by atoms with Gasteiger partial charge >= 0.3 is 29.6 Å². The van der Waals surface area contributed by atoms with Crippen molar-refractivity contribution < 1.29 is 44.2 Å². The summed E-state index contributed by atoms with van der Waals surface area (Å²) in [6.07, 6.45) is 0.565. The fourth-order valence-corrected chi connectivity index (χ4v) is 2.70. The summed E-state index contributed by atoms with van der Waals surface area (Å²) in [7, 11) is 0. The first-order chi connectivity index (χ1) is 9.58. The smallest absolute Gasteiger partial charge is 0.545 e. The second kappa shape index (κ2) is 6.22. The Kier molecular flexibility index (Phi) is 4.77. The topological polar surface area (TPSA) is 49.4 Å².